The van der Waals surface area contributed by atoms with Crippen LogP contribution in [0.15, 0.2) is 78.9 Å². The number of benzene rings is 3. The second-order valence-corrected chi connectivity index (χ2v) is 10.7. The molecule has 200 valence electrons. The van der Waals surface area contributed by atoms with Crippen LogP contribution in [0.1, 0.15) is 47.2 Å². The molecule has 0 unspecified atom stereocenters. The van der Waals surface area contributed by atoms with Crippen molar-refractivity contribution in [2.24, 2.45) is 11.8 Å². The molecule has 1 fully saturated rings. The first kappa shape index (κ1) is 25.6. The van der Waals surface area contributed by atoms with E-state index in [-0.39, 0.29) is 12.4 Å². The molecule has 4 nitrogen and oxygen atoms in total. The molecule has 6 rings (SSSR count). The minimum atomic E-state index is -0.268. The van der Waals surface area contributed by atoms with Gasteiger partial charge in [0.1, 0.15) is 18.2 Å². The van der Waals surface area contributed by atoms with Gasteiger partial charge >= 0.3 is 0 Å². The van der Waals surface area contributed by atoms with Crippen LogP contribution in [0.5, 0.6) is 11.6 Å². The monoisotopic (exact) mass is 523 g/mol. The minimum Gasteiger partial charge on any atom is -0.489 e. The molecule has 0 N–H and O–H groups in total. The summed E-state index contributed by atoms with van der Waals surface area (Å²) in [6.45, 7) is 6.22. The molecule has 1 aromatic heterocycles. The number of aryl methyl sites for hydroxylation is 1. The molecular weight excluding hydrogens is 489 g/mol. The third-order valence-electron chi connectivity index (χ3n) is 8.10. The lowest BCUT2D eigenvalue weighted by molar-refractivity contribution is 0.106. The molecule has 2 aliphatic rings. The van der Waals surface area contributed by atoms with E-state index < -0.39 is 0 Å². The number of fused-ring (bicyclic) bond motifs is 3. The first-order valence-electron chi connectivity index (χ1n) is 13.8. The van der Waals surface area contributed by atoms with E-state index in [1.54, 1.807) is 6.07 Å². The van der Waals surface area contributed by atoms with Crippen LogP contribution in [-0.2, 0) is 24.4 Å². The summed E-state index contributed by atoms with van der Waals surface area (Å²) >= 11 is 0. The van der Waals surface area contributed by atoms with Crippen molar-refractivity contribution in [2.45, 2.75) is 45.8 Å². The van der Waals surface area contributed by atoms with Crippen LogP contribution in [0, 0.1) is 24.6 Å². The summed E-state index contributed by atoms with van der Waals surface area (Å²) in [4.78, 5) is 4.62. The van der Waals surface area contributed by atoms with Gasteiger partial charge in [0.2, 0.25) is 5.88 Å². The Hall–Kier alpha value is -3.70. The Morgan fingerprint density at radius 2 is 1.77 bits per heavy atom. The Kier molecular flexibility index (Phi) is 7.34. The van der Waals surface area contributed by atoms with Crippen molar-refractivity contribution in [3.05, 3.63) is 113 Å². The van der Waals surface area contributed by atoms with Gasteiger partial charge in [0, 0.05) is 29.3 Å². The van der Waals surface area contributed by atoms with E-state index in [1.807, 2.05) is 49.4 Å². The summed E-state index contributed by atoms with van der Waals surface area (Å²) in [6, 6.07) is 25.5. The highest BCUT2D eigenvalue weighted by Gasteiger charge is 2.52. The zero-order valence-electron chi connectivity index (χ0n) is 22.5. The minimum absolute atomic E-state index is 0.182. The summed E-state index contributed by atoms with van der Waals surface area (Å²) in [5.41, 5.74) is 7.23. The molecule has 5 heteroatoms. The third kappa shape index (κ3) is 5.69. The Morgan fingerprint density at radius 1 is 0.897 bits per heavy atom. The first-order chi connectivity index (χ1) is 19.1. The highest BCUT2D eigenvalue weighted by atomic mass is 19.1. The zero-order chi connectivity index (χ0) is 26.8. The average molecular weight is 524 g/mol. The van der Waals surface area contributed by atoms with Gasteiger partial charge in [-0.25, -0.2) is 9.37 Å². The van der Waals surface area contributed by atoms with Crippen molar-refractivity contribution in [3.8, 4) is 22.8 Å². The van der Waals surface area contributed by atoms with Gasteiger partial charge in [0.05, 0.1) is 19.8 Å². The molecule has 0 saturated heterocycles. The predicted molar refractivity (Wildman–Crippen MR) is 150 cm³/mol. The van der Waals surface area contributed by atoms with Gasteiger partial charge in [0.25, 0.3) is 0 Å². The third-order valence-corrected chi connectivity index (χ3v) is 8.10. The maximum Gasteiger partial charge on any atom is 0.213 e. The molecule has 39 heavy (non-hydrogen) atoms. The lowest BCUT2D eigenvalue weighted by Crippen LogP contribution is -2.05. The number of halogens is 1. The van der Waals surface area contributed by atoms with Crippen LogP contribution in [0.25, 0.3) is 11.1 Å². The number of hydrogen-bond acceptors (Lipinski definition) is 4. The quantitative estimate of drug-likeness (QED) is 0.189. The van der Waals surface area contributed by atoms with Gasteiger partial charge < -0.3 is 14.2 Å². The van der Waals surface area contributed by atoms with E-state index in [2.05, 4.69) is 36.2 Å². The number of ether oxygens (including phenoxy) is 3. The fourth-order valence-corrected chi connectivity index (χ4v) is 5.84. The topological polar surface area (TPSA) is 40.6 Å². The van der Waals surface area contributed by atoms with E-state index >= 15 is 0 Å². The van der Waals surface area contributed by atoms with Gasteiger partial charge in [-0.15, -0.1) is 0 Å². The average Bonchev–Trinajstić information content (AvgIpc) is 3.40. The second-order valence-electron chi connectivity index (χ2n) is 10.7. The molecule has 4 aromatic rings. The van der Waals surface area contributed by atoms with Gasteiger partial charge in [0.15, 0.2) is 0 Å². The molecule has 0 spiro atoms. The number of nitrogens with zero attached hydrogens (tertiary/aromatic N) is 1. The van der Waals surface area contributed by atoms with Crippen molar-refractivity contribution in [1.82, 2.24) is 4.98 Å². The van der Waals surface area contributed by atoms with Crippen molar-refractivity contribution in [2.75, 3.05) is 13.2 Å². The molecule has 0 aliphatic heterocycles. The predicted octanol–water partition coefficient (Wildman–Crippen LogP) is 7.67. The Labute approximate surface area is 229 Å². The largest absolute Gasteiger partial charge is 0.489 e. The lowest BCUT2D eigenvalue weighted by Gasteiger charge is -2.13. The highest BCUT2D eigenvalue weighted by Crippen LogP contribution is 2.61. The van der Waals surface area contributed by atoms with Crippen molar-refractivity contribution in [1.29, 1.82) is 0 Å². The molecule has 2 aliphatic carbocycles. The van der Waals surface area contributed by atoms with E-state index in [9.17, 15) is 4.39 Å². The molecule has 3 atom stereocenters. The van der Waals surface area contributed by atoms with Gasteiger partial charge in [-0.1, -0.05) is 49.4 Å². The number of aromatic nitrogens is 1. The van der Waals surface area contributed by atoms with E-state index in [0.29, 0.717) is 31.3 Å². The maximum absolute atomic E-state index is 14.7. The van der Waals surface area contributed by atoms with Crippen LogP contribution in [0.3, 0.4) is 0 Å². The molecule has 1 saturated carbocycles. The zero-order valence-corrected chi connectivity index (χ0v) is 22.5. The number of pyridine rings is 1. The first-order valence-corrected chi connectivity index (χ1v) is 13.8. The van der Waals surface area contributed by atoms with Crippen LogP contribution in [-0.4, -0.2) is 18.2 Å². The summed E-state index contributed by atoms with van der Waals surface area (Å²) in [5, 5.41) is 0. The number of hydrogen-bond donors (Lipinski definition) is 0. The van der Waals surface area contributed by atoms with Crippen molar-refractivity contribution >= 4 is 0 Å². The summed E-state index contributed by atoms with van der Waals surface area (Å²) in [6.07, 6.45) is 1.91. The summed E-state index contributed by atoms with van der Waals surface area (Å²) < 4.78 is 32.2. The number of rotatable bonds is 11. The van der Waals surface area contributed by atoms with Crippen LogP contribution >= 0.6 is 0 Å². The molecule has 0 bridgehead atoms. The van der Waals surface area contributed by atoms with Gasteiger partial charge in [-0.3, -0.25) is 0 Å². The summed E-state index contributed by atoms with van der Waals surface area (Å²) in [7, 11) is 0. The molecule has 1 heterocycles. The maximum atomic E-state index is 14.7. The van der Waals surface area contributed by atoms with Crippen LogP contribution in [0.2, 0.25) is 0 Å². The fraction of sp³-hybridized carbons (Fsp3) is 0.324. The van der Waals surface area contributed by atoms with E-state index in [4.69, 9.17) is 14.2 Å². The molecule has 0 amide bonds. The van der Waals surface area contributed by atoms with E-state index in [1.165, 1.54) is 17.2 Å². The molecule has 0 radical (unpaired) electrons. The van der Waals surface area contributed by atoms with Crippen molar-refractivity contribution in [3.63, 3.8) is 0 Å². The normalized spacial score (nSPS) is 18.9. The highest BCUT2D eigenvalue weighted by molar-refractivity contribution is 5.67. The van der Waals surface area contributed by atoms with Crippen molar-refractivity contribution < 1.29 is 18.6 Å². The van der Waals surface area contributed by atoms with Crippen LogP contribution in [0.4, 0.5) is 4.39 Å². The van der Waals surface area contributed by atoms with Gasteiger partial charge in [-0.05, 0) is 83.7 Å². The molecular formula is C34H34FNO3. The molecule has 3 aromatic carbocycles. The van der Waals surface area contributed by atoms with Crippen LogP contribution < -0.4 is 9.47 Å². The lowest BCUT2D eigenvalue weighted by atomic mass is 10.0. The Balaban J connectivity index is 1.02. The Bertz CT molecular complexity index is 1450. The second kappa shape index (κ2) is 11.2. The SMILES string of the molecule is Cc1nc(OCCCOCc2ccccc2)ccc1-c1ccc(F)c(COc2ccc3c(c2)C[C@H]2[C@H](C)[C@@H]32)c1. The van der Waals surface area contributed by atoms with E-state index in [0.717, 1.165) is 58.7 Å². The standard InChI is InChI=1S/C34H34FNO3/c1-22-31-19-26-18-28(10-11-30(26)34(22)31)39-21-27-17-25(9-13-32(27)35)29-12-14-33(36-23(29)2)38-16-6-15-37-20-24-7-4-3-5-8-24/h3-5,7-14,17-18,22,31,34H,6,15-16,19-21H2,1-2H3/t22-,31-,34-/m0/s1. The fourth-order valence-electron chi connectivity index (χ4n) is 5.84. The Morgan fingerprint density at radius 3 is 2.62 bits per heavy atom. The summed E-state index contributed by atoms with van der Waals surface area (Å²) in [5.74, 6) is 3.46. The van der Waals surface area contributed by atoms with Gasteiger partial charge in [-0.2, -0.15) is 0 Å². The smallest absolute Gasteiger partial charge is 0.213 e.